The van der Waals surface area contributed by atoms with E-state index < -0.39 is 0 Å². The molecule has 2 atom stereocenters. The van der Waals surface area contributed by atoms with Gasteiger partial charge in [-0.15, -0.1) is 12.4 Å². The molecule has 1 aromatic rings. The molecule has 2 fully saturated rings. The molecule has 6 heteroatoms. The Labute approximate surface area is 155 Å². The first-order chi connectivity index (χ1) is 11.7. The van der Waals surface area contributed by atoms with Gasteiger partial charge in [0.05, 0.1) is 6.42 Å². The van der Waals surface area contributed by atoms with Crippen LogP contribution in [0.3, 0.4) is 0 Å². The normalized spacial score (nSPS) is 23.2. The smallest absolute Gasteiger partial charge is 0.227 e. The summed E-state index contributed by atoms with van der Waals surface area (Å²) >= 11 is 0. The average Bonchev–Trinajstić information content (AvgIpc) is 3.11. The van der Waals surface area contributed by atoms with Crippen LogP contribution in [0.5, 0.6) is 0 Å². The predicted octanol–water partition coefficient (Wildman–Crippen LogP) is 1.70. The number of rotatable bonds is 4. The van der Waals surface area contributed by atoms with Gasteiger partial charge in [-0.25, -0.2) is 0 Å². The molecule has 3 rings (SSSR count). The number of carbonyl (C=O) groups excluding carboxylic acids is 2. The molecule has 1 saturated heterocycles. The van der Waals surface area contributed by atoms with Crippen molar-refractivity contribution in [1.82, 2.24) is 9.80 Å². The highest BCUT2D eigenvalue weighted by molar-refractivity contribution is 5.85. The number of piperazine rings is 1. The fourth-order valence-electron chi connectivity index (χ4n) is 3.94. The molecular weight excluding hydrogens is 338 g/mol. The standard InChI is InChI=1S/C19H27N3O2.ClH/c20-14-16-7-4-8-17(16)19(24)22-11-9-21(10-12-22)18(23)13-15-5-2-1-3-6-15;/h1-3,5-6,16-17H,4,7-14,20H2;1H/t16-,17-;/m1./s1. The van der Waals surface area contributed by atoms with Gasteiger partial charge in [-0.2, -0.15) is 0 Å². The highest BCUT2D eigenvalue weighted by Gasteiger charge is 2.36. The number of nitrogens with zero attached hydrogens (tertiary/aromatic N) is 2. The Kier molecular flexibility index (Phi) is 7.26. The molecule has 138 valence electrons. The van der Waals surface area contributed by atoms with Crippen LogP contribution < -0.4 is 5.73 Å². The molecule has 0 bridgehead atoms. The van der Waals surface area contributed by atoms with E-state index in [0.717, 1.165) is 24.8 Å². The molecule has 1 heterocycles. The summed E-state index contributed by atoms with van der Waals surface area (Å²) in [6.07, 6.45) is 3.58. The summed E-state index contributed by atoms with van der Waals surface area (Å²) in [5, 5.41) is 0. The van der Waals surface area contributed by atoms with Crippen LogP contribution in [0.4, 0.5) is 0 Å². The third kappa shape index (κ3) is 4.73. The molecule has 0 spiro atoms. The topological polar surface area (TPSA) is 66.6 Å². The van der Waals surface area contributed by atoms with Crippen molar-refractivity contribution in [2.24, 2.45) is 17.6 Å². The van der Waals surface area contributed by atoms with Crippen LogP contribution >= 0.6 is 12.4 Å². The number of hydrogen-bond acceptors (Lipinski definition) is 3. The maximum atomic E-state index is 12.7. The van der Waals surface area contributed by atoms with Gasteiger partial charge in [0.2, 0.25) is 11.8 Å². The van der Waals surface area contributed by atoms with Gasteiger partial charge >= 0.3 is 0 Å². The van der Waals surface area contributed by atoms with Crippen LogP contribution in [-0.2, 0) is 16.0 Å². The van der Waals surface area contributed by atoms with Crippen molar-refractivity contribution in [3.8, 4) is 0 Å². The summed E-state index contributed by atoms with van der Waals surface area (Å²) in [5.74, 6) is 0.837. The quantitative estimate of drug-likeness (QED) is 0.883. The lowest BCUT2D eigenvalue weighted by Gasteiger charge is -2.36. The molecule has 25 heavy (non-hydrogen) atoms. The number of carbonyl (C=O) groups is 2. The van der Waals surface area contributed by atoms with Gasteiger partial charge in [0.15, 0.2) is 0 Å². The molecule has 5 nitrogen and oxygen atoms in total. The van der Waals surface area contributed by atoms with Crippen molar-refractivity contribution in [1.29, 1.82) is 0 Å². The zero-order valence-corrected chi connectivity index (χ0v) is 15.4. The van der Waals surface area contributed by atoms with Gasteiger partial charge in [0, 0.05) is 32.1 Å². The van der Waals surface area contributed by atoms with Crippen molar-refractivity contribution in [3.63, 3.8) is 0 Å². The molecule has 2 aliphatic rings. The molecular formula is C19H28ClN3O2. The zero-order chi connectivity index (χ0) is 16.9. The summed E-state index contributed by atoms with van der Waals surface area (Å²) in [7, 11) is 0. The second kappa shape index (κ2) is 9.20. The SMILES string of the molecule is Cl.NC[C@H]1CCC[C@H]1C(=O)N1CCN(C(=O)Cc2ccccc2)CC1. The predicted molar refractivity (Wildman–Crippen MR) is 100 cm³/mol. The summed E-state index contributed by atoms with van der Waals surface area (Å²) in [4.78, 5) is 28.9. The van der Waals surface area contributed by atoms with Gasteiger partial charge in [0.1, 0.15) is 0 Å². The van der Waals surface area contributed by atoms with Gasteiger partial charge in [-0.05, 0) is 30.9 Å². The highest BCUT2D eigenvalue weighted by Crippen LogP contribution is 2.32. The number of halogens is 1. The van der Waals surface area contributed by atoms with E-state index in [1.165, 1.54) is 0 Å². The molecule has 1 aromatic carbocycles. The summed E-state index contributed by atoms with van der Waals surface area (Å²) in [6, 6.07) is 9.81. The van der Waals surface area contributed by atoms with Gasteiger partial charge < -0.3 is 15.5 Å². The third-order valence-corrected chi connectivity index (χ3v) is 5.42. The summed E-state index contributed by atoms with van der Waals surface area (Å²) < 4.78 is 0. The van der Waals surface area contributed by atoms with Gasteiger partial charge in [0.25, 0.3) is 0 Å². The highest BCUT2D eigenvalue weighted by atomic mass is 35.5. The van der Waals surface area contributed by atoms with Crippen molar-refractivity contribution >= 4 is 24.2 Å². The van der Waals surface area contributed by atoms with Crippen LogP contribution in [0.2, 0.25) is 0 Å². The summed E-state index contributed by atoms with van der Waals surface area (Å²) in [5.41, 5.74) is 6.84. The third-order valence-electron chi connectivity index (χ3n) is 5.42. The zero-order valence-electron chi connectivity index (χ0n) is 14.6. The average molecular weight is 366 g/mol. The first-order valence-electron chi connectivity index (χ1n) is 8.99. The Balaban J connectivity index is 0.00000225. The van der Waals surface area contributed by atoms with E-state index in [0.29, 0.717) is 45.1 Å². The molecule has 0 aromatic heterocycles. The van der Waals surface area contributed by atoms with E-state index in [1.54, 1.807) is 0 Å². The first kappa shape index (κ1) is 19.7. The van der Waals surface area contributed by atoms with Crippen LogP contribution in [-0.4, -0.2) is 54.3 Å². The number of amides is 2. The van der Waals surface area contributed by atoms with Crippen LogP contribution in [0, 0.1) is 11.8 Å². The molecule has 1 aliphatic carbocycles. The van der Waals surface area contributed by atoms with Gasteiger partial charge in [-0.1, -0.05) is 36.8 Å². The van der Waals surface area contributed by atoms with E-state index in [9.17, 15) is 9.59 Å². The number of nitrogens with two attached hydrogens (primary N) is 1. The van der Waals surface area contributed by atoms with E-state index >= 15 is 0 Å². The maximum absolute atomic E-state index is 12.7. The summed E-state index contributed by atoms with van der Waals surface area (Å²) in [6.45, 7) is 3.17. The van der Waals surface area contributed by atoms with E-state index in [4.69, 9.17) is 5.73 Å². The largest absolute Gasteiger partial charge is 0.339 e. The Bertz CT molecular complexity index is 573. The fourth-order valence-corrected chi connectivity index (χ4v) is 3.94. The van der Waals surface area contributed by atoms with Crippen LogP contribution in [0.1, 0.15) is 24.8 Å². The minimum absolute atomic E-state index is 0. The minimum atomic E-state index is 0. The van der Waals surface area contributed by atoms with E-state index in [1.807, 2.05) is 40.1 Å². The lowest BCUT2D eigenvalue weighted by Crippen LogP contribution is -2.52. The number of benzene rings is 1. The Hall–Kier alpha value is -1.59. The monoisotopic (exact) mass is 365 g/mol. The minimum Gasteiger partial charge on any atom is -0.339 e. The number of hydrogen-bond donors (Lipinski definition) is 1. The van der Waals surface area contributed by atoms with Crippen LogP contribution in [0.25, 0.3) is 0 Å². The molecule has 2 amide bonds. The molecule has 1 aliphatic heterocycles. The Morgan fingerprint density at radius 1 is 1.00 bits per heavy atom. The lowest BCUT2D eigenvalue weighted by atomic mass is 9.94. The molecule has 0 unspecified atom stereocenters. The Morgan fingerprint density at radius 3 is 2.28 bits per heavy atom. The van der Waals surface area contributed by atoms with E-state index in [2.05, 4.69) is 0 Å². The van der Waals surface area contributed by atoms with Gasteiger partial charge in [-0.3, -0.25) is 9.59 Å². The van der Waals surface area contributed by atoms with Crippen molar-refractivity contribution in [3.05, 3.63) is 35.9 Å². The fraction of sp³-hybridized carbons (Fsp3) is 0.579. The van der Waals surface area contributed by atoms with E-state index in [-0.39, 0.29) is 30.1 Å². The second-order valence-electron chi connectivity index (χ2n) is 6.90. The van der Waals surface area contributed by atoms with Crippen molar-refractivity contribution in [2.75, 3.05) is 32.7 Å². The first-order valence-corrected chi connectivity index (χ1v) is 8.99. The van der Waals surface area contributed by atoms with Crippen LogP contribution in [0.15, 0.2) is 30.3 Å². The maximum Gasteiger partial charge on any atom is 0.227 e. The molecule has 0 radical (unpaired) electrons. The molecule has 1 saturated carbocycles. The Morgan fingerprint density at radius 2 is 1.64 bits per heavy atom. The second-order valence-corrected chi connectivity index (χ2v) is 6.90. The lowest BCUT2D eigenvalue weighted by molar-refractivity contribution is -0.142. The van der Waals surface area contributed by atoms with Crippen molar-refractivity contribution < 1.29 is 9.59 Å². The van der Waals surface area contributed by atoms with Crippen molar-refractivity contribution in [2.45, 2.75) is 25.7 Å². The molecule has 2 N–H and O–H groups in total.